The van der Waals surface area contributed by atoms with E-state index in [1.54, 1.807) is 18.2 Å². The number of rotatable bonds is 4. The van der Waals surface area contributed by atoms with Crippen LogP contribution in [0.15, 0.2) is 77.6 Å². The van der Waals surface area contributed by atoms with Crippen LogP contribution >= 0.6 is 22.9 Å². The molecule has 0 aliphatic heterocycles. The van der Waals surface area contributed by atoms with E-state index in [0.29, 0.717) is 25.9 Å². The fourth-order valence-electron chi connectivity index (χ4n) is 3.57. The van der Waals surface area contributed by atoms with Crippen LogP contribution in [-0.4, -0.2) is 14.6 Å². The largest absolute Gasteiger partial charge is 0.291 e. The summed E-state index contributed by atoms with van der Waals surface area (Å²) in [7, 11) is 0. The van der Waals surface area contributed by atoms with Crippen molar-refractivity contribution < 1.29 is 4.39 Å². The number of halogens is 2. The number of hydrogen-bond donors (Lipinski definition) is 0. The Morgan fingerprint density at radius 2 is 1.81 bits per heavy atom. The summed E-state index contributed by atoms with van der Waals surface area (Å²) in [4.78, 5) is 17.8. The van der Waals surface area contributed by atoms with E-state index in [2.05, 4.69) is 10.1 Å². The van der Waals surface area contributed by atoms with Gasteiger partial charge in [0.2, 0.25) is 4.96 Å². The number of thiazole rings is 1. The van der Waals surface area contributed by atoms with Gasteiger partial charge in [-0.3, -0.25) is 4.79 Å². The molecule has 158 valence electrons. The van der Waals surface area contributed by atoms with Crippen molar-refractivity contribution in [3.63, 3.8) is 0 Å². The highest BCUT2D eigenvalue weighted by Crippen LogP contribution is 2.28. The molecule has 32 heavy (non-hydrogen) atoms. The highest BCUT2D eigenvalue weighted by Gasteiger charge is 2.19. The minimum atomic E-state index is -0.303. The second-order valence-corrected chi connectivity index (χ2v) is 8.84. The van der Waals surface area contributed by atoms with E-state index in [0.717, 1.165) is 16.7 Å². The van der Waals surface area contributed by atoms with Crippen molar-refractivity contribution in [2.24, 2.45) is 0 Å². The third-order valence-corrected chi connectivity index (χ3v) is 6.66. The third-order valence-electron chi connectivity index (χ3n) is 5.36. The number of fused-ring (bicyclic) bond motifs is 1. The molecule has 1 unspecified atom stereocenters. The second-order valence-electron chi connectivity index (χ2n) is 7.43. The molecule has 0 aliphatic rings. The molecule has 0 fully saturated rings. The van der Waals surface area contributed by atoms with Crippen molar-refractivity contribution in [2.75, 3.05) is 0 Å². The standard InChI is InChI=1S/C25H17ClFN3OS/c1-15(17-11-12-19(21(27)13-17)16-7-3-2-4-8-16)23-28-25-30(29-23)24(31)22(32-25)14-18-9-5-6-10-20(18)26/h2-15H,1H3/b22-14-. The first-order valence-electron chi connectivity index (χ1n) is 10.0. The van der Waals surface area contributed by atoms with Crippen LogP contribution in [-0.2, 0) is 0 Å². The van der Waals surface area contributed by atoms with E-state index < -0.39 is 0 Å². The van der Waals surface area contributed by atoms with Crippen molar-refractivity contribution in [1.29, 1.82) is 0 Å². The predicted octanol–water partition coefficient (Wildman–Crippen LogP) is 5.31. The van der Waals surface area contributed by atoms with Crippen LogP contribution in [0.3, 0.4) is 0 Å². The molecule has 0 radical (unpaired) electrons. The Bertz CT molecular complexity index is 1550. The van der Waals surface area contributed by atoms with Gasteiger partial charge in [0, 0.05) is 16.5 Å². The minimum Gasteiger partial charge on any atom is -0.266 e. The van der Waals surface area contributed by atoms with Crippen LogP contribution < -0.4 is 10.1 Å². The lowest BCUT2D eigenvalue weighted by molar-refractivity contribution is 0.626. The van der Waals surface area contributed by atoms with E-state index in [4.69, 9.17) is 11.6 Å². The van der Waals surface area contributed by atoms with Gasteiger partial charge in [0.05, 0.1) is 4.53 Å². The Labute approximate surface area is 192 Å². The van der Waals surface area contributed by atoms with Gasteiger partial charge in [-0.15, -0.1) is 5.10 Å². The lowest BCUT2D eigenvalue weighted by Gasteiger charge is -2.10. The maximum Gasteiger partial charge on any atom is 0.291 e. The first-order valence-corrected chi connectivity index (χ1v) is 11.2. The number of benzene rings is 3. The van der Waals surface area contributed by atoms with E-state index in [9.17, 15) is 9.18 Å². The second kappa shape index (κ2) is 8.30. The smallest absolute Gasteiger partial charge is 0.266 e. The monoisotopic (exact) mass is 461 g/mol. The molecule has 5 rings (SSSR count). The molecule has 3 aromatic carbocycles. The van der Waals surface area contributed by atoms with E-state index in [-0.39, 0.29) is 17.3 Å². The molecule has 0 aliphatic carbocycles. The molecule has 5 aromatic rings. The minimum absolute atomic E-state index is 0.249. The SMILES string of the molecule is CC(c1ccc(-c2ccccc2)c(F)c1)c1nc2s/c(=C\c3ccccc3Cl)c(=O)n2n1. The van der Waals surface area contributed by atoms with E-state index in [1.807, 2.05) is 61.5 Å². The Hall–Kier alpha value is -3.35. The Balaban J connectivity index is 1.49. The number of hydrogen-bond acceptors (Lipinski definition) is 4. The quantitative estimate of drug-likeness (QED) is 0.364. The van der Waals surface area contributed by atoms with Crippen LogP contribution in [0, 0.1) is 5.82 Å². The maximum absolute atomic E-state index is 14.8. The fraction of sp³-hybridized carbons (Fsp3) is 0.0800. The summed E-state index contributed by atoms with van der Waals surface area (Å²) >= 11 is 7.45. The predicted molar refractivity (Wildman–Crippen MR) is 127 cm³/mol. The van der Waals surface area contributed by atoms with Gasteiger partial charge in [0.25, 0.3) is 5.56 Å². The van der Waals surface area contributed by atoms with Gasteiger partial charge in [-0.1, -0.05) is 90.5 Å². The van der Waals surface area contributed by atoms with Crippen molar-refractivity contribution in [2.45, 2.75) is 12.8 Å². The van der Waals surface area contributed by atoms with E-state index in [1.165, 1.54) is 21.9 Å². The molecule has 2 heterocycles. The first kappa shape index (κ1) is 20.5. The van der Waals surface area contributed by atoms with Crippen molar-refractivity contribution in [3.05, 3.63) is 115 Å². The first-order chi connectivity index (χ1) is 15.5. The van der Waals surface area contributed by atoms with Gasteiger partial charge in [-0.25, -0.2) is 9.37 Å². The lowest BCUT2D eigenvalue weighted by atomic mass is 9.96. The summed E-state index contributed by atoms with van der Waals surface area (Å²) in [6.45, 7) is 1.90. The number of nitrogens with zero attached hydrogens (tertiary/aromatic N) is 3. The highest BCUT2D eigenvalue weighted by molar-refractivity contribution is 7.15. The molecule has 0 N–H and O–H groups in total. The summed E-state index contributed by atoms with van der Waals surface area (Å²) in [5.41, 5.74) is 2.63. The Morgan fingerprint density at radius 3 is 2.53 bits per heavy atom. The van der Waals surface area contributed by atoms with Gasteiger partial charge in [0.1, 0.15) is 5.82 Å². The molecule has 0 bridgehead atoms. The maximum atomic E-state index is 14.8. The zero-order chi connectivity index (χ0) is 22.2. The molecule has 0 saturated carbocycles. The molecule has 7 heteroatoms. The van der Waals surface area contributed by atoms with Gasteiger partial charge >= 0.3 is 0 Å². The molecule has 0 amide bonds. The van der Waals surface area contributed by atoms with Crippen LogP contribution in [0.1, 0.15) is 29.8 Å². The summed E-state index contributed by atoms with van der Waals surface area (Å²) in [5, 5.41) is 4.98. The van der Waals surface area contributed by atoms with Crippen molar-refractivity contribution in [3.8, 4) is 11.1 Å². The normalized spacial score (nSPS) is 13.0. The molecular formula is C25H17ClFN3OS. The molecule has 2 aromatic heterocycles. The van der Waals surface area contributed by atoms with Crippen molar-refractivity contribution in [1.82, 2.24) is 14.6 Å². The molecule has 4 nitrogen and oxygen atoms in total. The summed E-state index contributed by atoms with van der Waals surface area (Å²) < 4.78 is 16.6. The van der Waals surface area contributed by atoms with Crippen LogP contribution in [0.4, 0.5) is 4.39 Å². The Morgan fingerprint density at radius 1 is 1.06 bits per heavy atom. The molecule has 1 atom stereocenters. The van der Waals surface area contributed by atoms with Crippen LogP contribution in [0.25, 0.3) is 22.2 Å². The summed E-state index contributed by atoms with van der Waals surface area (Å²) in [6, 6.07) is 21.9. The third kappa shape index (κ3) is 3.72. The van der Waals surface area contributed by atoms with Gasteiger partial charge in [0.15, 0.2) is 5.82 Å². The molecular weight excluding hydrogens is 445 g/mol. The fourth-order valence-corrected chi connectivity index (χ4v) is 4.66. The lowest BCUT2D eigenvalue weighted by Crippen LogP contribution is -2.24. The Kier molecular flexibility index (Phi) is 5.33. The summed E-state index contributed by atoms with van der Waals surface area (Å²) in [6.07, 6.45) is 1.74. The summed E-state index contributed by atoms with van der Waals surface area (Å²) in [5.74, 6) is -0.0935. The molecule has 0 spiro atoms. The average molecular weight is 462 g/mol. The highest BCUT2D eigenvalue weighted by atomic mass is 35.5. The topological polar surface area (TPSA) is 47.3 Å². The van der Waals surface area contributed by atoms with Crippen molar-refractivity contribution >= 4 is 34.0 Å². The molecule has 0 saturated heterocycles. The zero-order valence-electron chi connectivity index (χ0n) is 17.0. The van der Waals surface area contributed by atoms with Gasteiger partial charge in [-0.2, -0.15) is 4.52 Å². The van der Waals surface area contributed by atoms with Gasteiger partial charge < -0.3 is 0 Å². The van der Waals surface area contributed by atoms with E-state index >= 15 is 0 Å². The average Bonchev–Trinajstić information content (AvgIpc) is 3.34. The zero-order valence-corrected chi connectivity index (χ0v) is 18.6. The number of aromatic nitrogens is 3. The van der Waals surface area contributed by atoms with Gasteiger partial charge in [-0.05, 0) is 34.9 Å². The van der Waals surface area contributed by atoms with Crippen LogP contribution in [0.5, 0.6) is 0 Å². The van der Waals surface area contributed by atoms with Crippen LogP contribution in [0.2, 0.25) is 5.02 Å².